The second kappa shape index (κ2) is 5.00. The van der Waals surface area contributed by atoms with Gasteiger partial charge in [0, 0.05) is 13.5 Å². The van der Waals surface area contributed by atoms with Crippen molar-refractivity contribution in [3.63, 3.8) is 0 Å². The Hall–Kier alpha value is -1.03. The fraction of sp³-hybridized carbons (Fsp3) is 0.700. The van der Waals surface area contributed by atoms with Crippen LogP contribution in [0.15, 0.2) is 12.7 Å². The summed E-state index contributed by atoms with van der Waals surface area (Å²) in [7, 11) is 1.49. The molecule has 0 aromatic carbocycles. The largest absolute Gasteiger partial charge is 0.444 e. The molecule has 0 radical (unpaired) electrons. The molecule has 0 aromatic heterocycles. The van der Waals surface area contributed by atoms with Crippen molar-refractivity contribution in [2.75, 3.05) is 7.05 Å². The van der Waals surface area contributed by atoms with Gasteiger partial charge in [0.2, 0.25) is 0 Å². The predicted molar refractivity (Wildman–Crippen MR) is 54.8 cm³/mol. The van der Waals surface area contributed by atoms with Crippen LogP contribution in [0, 0.1) is 0 Å². The fourth-order valence-electron chi connectivity index (χ4n) is 0.763. The van der Waals surface area contributed by atoms with Gasteiger partial charge in [-0.05, 0) is 20.8 Å². The minimum atomic E-state index is -0.873. The molecule has 0 rings (SSSR count). The average Bonchev–Trinajstić information content (AvgIpc) is 2.00. The molecule has 4 heteroatoms. The SMILES string of the molecule is C=CCC(O)N(C)C(=O)OC(C)(C)C. The molecule has 0 saturated carbocycles. The van der Waals surface area contributed by atoms with Crippen molar-refractivity contribution in [1.82, 2.24) is 4.90 Å². The zero-order valence-corrected chi connectivity index (χ0v) is 9.28. The maximum atomic E-state index is 11.4. The highest BCUT2D eigenvalue weighted by Crippen LogP contribution is 2.10. The van der Waals surface area contributed by atoms with E-state index in [1.165, 1.54) is 7.05 Å². The molecule has 0 spiro atoms. The Labute approximate surface area is 85.2 Å². The lowest BCUT2D eigenvalue weighted by Crippen LogP contribution is -2.40. The van der Waals surface area contributed by atoms with Gasteiger partial charge < -0.3 is 9.84 Å². The summed E-state index contributed by atoms with van der Waals surface area (Å²) in [6.07, 6.45) is 0.468. The summed E-state index contributed by atoms with van der Waals surface area (Å²) in [4.78, 5) is 12.5. The van der Waals surface area contributed by atoms with E-state index < -0.39 is 17.9 Å². The number of aliphatic hydroxyl groups excluding tert-OH is 1. The van der Waals surface area contributed by atoms with Crippen molar-refractivity contribution in [2.45, 2.75) is 39.0 Å². The molecule has 14 heavy (non-hydrogen) atoms. The second-order valence-electron chi connectivity index (χ2n) is 4.10. The Balaban J connectivity index is 4.18. The summed E-state index contributed by atoms with van der Waals surface area (Å²) in [6.45, 7) is 8.81. The fourth-order valence-corrected chi connectivity index (χ4v) is 0.763. The van der Waals surface area contributed by atoms with Gasteiger partial charge in [0.15, 0.2) is 0 Å². The third kappa shape index (κ3) is 4.87. The highest BCUT2D eigenvalue weighted by atomic mass is 16.6. The normalized spacial score (nSPS) is 13.2. The summed E-state index contributed by atoms with van der Waals surface area (Å²) in [5.41, 5.74) is -0.542. The quantitative estimate of drug-likeness (QED) is 0.559. The highest BCUT2D eigenvalue weighted by Gasteiger charge is 2.22. The number of ether oxygens (including phenoxy) is 1. The van der Waals surface area contributed by atoms with Gasteiger partial charge in [-0.3, -0.25) is 4.90 Å². The van der Waals surface area contributed by atoms with E-state index in [0.29, 0.717) is 6.42 Å². The van der Waals surface area contributed by atoms with Gasteiger partial charge in [-0.25, -0.2) is 4.79 Å². The molecule has 0 aliphatic carbocycles. The summed E-state index contributed by atoms with van der Waals surface area (Å²) >= 11 is 0. The van der Waals surface area contributed by atoms with Crippen molar-refractivity contribution in [1.29, 1.82) is 0 Å². The number of carbonyl (C=O) groups is 1. The molecule has 0 aromatic rings. The monoisotopic (exact) mass is 201 g/mol. The number of hydrogen-bond acceptors (Lipinski definition) is 3. The molecule has 1 N–H and O–H groups in total. The van der Waals surface area contributed by atoms with Gasteiger partial charge in [-0.2, -0.15) is 0 Å². The molecule has 0 aliphatic heterocycles. The summed E-state index contributed by atoms with van der Waals surface area (Å²) in [6, 6.07) is 0. The molecule has 1 amide bonds. The number of carbonyl (C=O) groups excluding carboxylic acids is 1. The Bertz CT molecular complexity index is 208. The third-order valence-electron chi connectivity index (χ3n) is 1.51. The van der Waals surface area contributed by atoms with Crippen LogP contribution in [-0.2, 0) is 4.74 Å². The van der Waals surface area contributed by atoms with E-state index in [1.807, 2.05) is 0 Å². The van der Waals surface area contributed by atoms with Crippen LogP contribution in [0.25, 0.3) is 0 Å². The first kappa shape index (κ1) is 13.0. The molecule has 0 saturated heterocycles. The van der Waals surface area contributed by atoms with E-state index in [0.717, 1.165) is 4.90 Å². The Morgan fingerprint density at radius 1 is 1.64 bits per heavy atom. The number of amides is 1. The molecule has 0 bridgehead atoms. The van der Waals surface area contributed by atoms with Crippen molar-refractivity contribution in [2.24, 2.45) is 0 Å². The number of rotatable bonds is 3. The minimum absolute atomic E-state index is 0.329. The maximum Gasteiger partial charge on any atom is 0.412 e. The van der Waals surface area contributed by atoms with E-state index in [2.05, 4.69) is 6.58 Å². The topological polar surface area (TPSA) is 49.8 Å². The lowest BCUT2D eigenvalue weighted by atomic mass is 10.2. The van der Waals surface area contributed by atoms with Gasteiger partial charge in [0.25, 0.3) is 0 Å². The standard InChI is InChI=1S/C10H19NO3/c1-6-7-8(12)11(5)9(13)14-10(2,3)4/h6,8,12H,1,7H2,2-5H3. The van der Waals surface area contributed by atoms with Crippen LogP contribution >= 0.6 is 0 Å². The lowest BCUT2D eigenvalue weighted by molar-refractivity contribution is -0.0183. The Morgan fingerprint density at radius 3 is 2.50 bits per heavy atom. The van der Waals surface area contributed by atoms with Crippen molar-refractivity contribution < 1.29 is 14.6 Å². The second-order valence-corrected chi connectivity index (χ2v) is 4.10. The number of hydrogen-bond donors (Lipinski definition) is 1. The van der Waals surface area contributed by atoms with Gasteiger partial charge in [0.05, 0.1) is 0 Å². The van der Waals surface area contributed by atoms with Crippen molar-refractivity contribution in [3.05, 3.63) is 12.7 Å². The highest BCUT2D eigenvalue weighted by molar-refractivity contribution is 5.67. The van der Waals surface area contributed by atoms with E-state index in [4.69, 9.17) is 4.74 Å². The number of nitrogens with zero attached hydrogens (tertiary/aromatic N) is 1. The first-order valence-corrected chi connectivity index (χ1v) is 4.52. The molecule has 0 aliphatic rings. The van der Waals surface area contributed by atoms with Crippen molar-refractivity contribution in [3.8, 4) is 0 Å². The van der Waals surface area contributed by atoms with Crippen LogP contribution in [0.5, 0.6) is 0 Å². The van der Waals surface area contributed by atoms with Crippen LogP contribution in [0.4, 0.5) is 4.79 Å². The summed E-state index contributed by atoms with van der Waals surface area (Å²) < 4.78 is 5.06. The van der Waals surface area contributed by atoms with Crippen LogP contribution in [0.2, 0.25) is 0 Å². The summed E-state index contributed by atoms with van der Waals surface area (Å²) in [5, 5.41) is 9.44. The van der Waals surface area contributed by atoms with Crippen LogP contribution in [0.3, 0.4) is 0 Å². The molecule has 82 valence electrons. The van der Waals surface area contributed by atoms with E-state index >= 15 is 0 Å². The Morgan fingerprint density at radius 2 is 2.14 bits per heavy atom. The minimum Gasteiger partial charge on any atom is -0.444 e. The molecule has 0 fully saturated rings. The first-order valence-electron chi connectivity index (χ1n) is 4.52. The van der Waals surface area contributed by atoms with Gasteiger partial charge in [-0.1, -0.05) is 6.08 Å². The number of aliphatic hydroxyl groups is 1. The van der Waals surface area contributed by atoms with Crippen LogP contribution in [-0.4, -0.2) is 35.0 Å². The van der Waals surface area contributed by atoms with Gasteiger partial charge in [0.1, 0.15) is 11.8 Å². The third-order valence-corrected chi connectivity index (χ3v) is 1.51. The molecular formula is C10H19NO3. The predicted octanol–water partition coefficient (Wildman–Crippen LogP) is 1.75. The summed E-state index contributed by atoms with van der Waals surface area (Å²) in [5.74, 6) is 0. The maximum absolute atomic E-state index is 11.4. The van der Waals surface area contributed by atoms with Crippen LogP contribution in [0.1, 0.15) is 27.2 Å². The molecule has 0 heterocycles. The van der Waals surface area contributed by atoms with E-state index in [9.17, 15) is 9.90 Å². The Kier molecular flexibility index (Phi) is 4.63. The zero-order chi connectivity index (χ0) is 11.4. The lowest BCUT2D eigenvalue weighted by Gasteiger charge is -2.27. The smallest absolute Gasteiger partial charge is 0.412 e. The first-order chi connectivity index (χ1) is 6.28. The van der Waals surface area contributed by atoms with Gasteiger partial charge in [-0.15, -0.1) is 6.58 Å². The molecule has 1 atom stereocenters. The van der Waals surface area contributed by atoms with Gasteiger partial charge >= 0.3 is 6.09 Å². The van der Waals surface area contributed by atoms with Crippen LogP contribution < -0.4 is 0 Å². The molecular weight excluding hydrogens is 182 g/mol. The molecule has 4 nitrogen and oxygen atoms in total. The van der Waals surface area contributed by atoms with E-state index in [-0.39, 0.29) is 0 Å². The van der Waals surface area contributed by atoms with E-state index in [1.54, 1.807) is 26.8 Å². The molecule has 1 unspecified atom stereocenters. The zero-order valence-electron chi connectivity index (χ0n) is 9.28. The average molecular weight is 201 g/mol. The van der Waals surface area contributed by atoms with Crippen molar-refractivity contribution >= 4 is 6.09 Å².